The van der Waals surface area contributed by atoms with Crippen LogP contribution in [0, 0.1) is 57.7 Å². The van der Waals surface area contributed by atoms with E-state index in [0.29, 0.717) is 16.2 Å². The summed E-state index contributed by atoms with van der Waals surface area (Å²) in [6.45, 7) is 15.3. The Morgan fingerprint density at radius 1 is 1.03 bits per heavy atom. The average Bonchev–Trinajstić information content (AvgIpc) is 3.25. The van der Waals surface area contributed by atoms with Crippen molar-refractivity contribution in [3.05, 3.63) is 11.6 Å². The van der Waals surface area contributed by atoms with Crippen LogP contribution >= 0.6 is 0 Å². The largest absolute Gasteiger partial charge is 0.393 e. The summed E-state index contributed by atoms with van der Waals surface area (Å²) in [5.41, 5.74) is 3.27. The Bertz CT molecular complexity index is 722. The third-order valence-electron chi connectivity index (χ3n) is 12.6. The van der Waals surface area contributed by atoms with Crippen LogP contribution < -0.4 is 0 Å². The summed E-state index contributed by atoms with van der Waals surface area (Å²) in [4.78, 5) is 0. The summed E-state index contributed by atoms with van der Waals surface area (Å²) in [6, 6.07) is 0. The second kappa shape index (κ2) is 7.61. The molecule has 0 aromatic heterocycles. The fraction of sp³-hybridized carbons (Fsp3) is 0.933. The van der Waals surface area contributed by atoms with E-state index in [1.54, 1.807) is 5.57 Å². The van der Waals surface area contributed by atoms with E-state index in [-0.39, 0.29) is 6.10 Å². The zero-order chi connectivity index (χ0) is 22.2. The maximum atomic E-state index is 10.3. The lowest BCUT2D eigenvalue weighted by atomic mass is 9.47. The Balaban J connectivity index is 1.30. The van der Waals surface area contributed by atoms with Gasteiger partial charge in [0.05, 0.1) is 6.10 Å². The Labute approximate surface area is 192 Å². The van der Waals surface area contributed by atoms with Crippen molar-refractivity contribution in [3.8, 4) is 0 Å². The molecule has 0 aromatic carbocycles. The van der Waals surface area contributed by atoms with Crippen LogP contribution in [0.4, 0.5) is 0 Å². The minimum atomic E-state index is -0.0789. The highest BCUT2D eigenvalue weighted by atomic mass is 16.3. The second-order valence-corrected chi connectivity index (χ2v) is 13.9. The standard InChI is InChI=1S/C30H50O/c1-19(2)30(18-21(30)4)16-11-20(3)25-9-10-26-24-8-7-22-17-23(31)12-14-28(22,5)27(24)13-15-29(25,26)6/h7,19-21,23-27,31H,8-18H2,1-6H3/t20-,21-,23+,24?,25-,26+,27?,28+,29-,30+/m1/s1. The smallest absolute Gasteiger partial charge is 0.0577 e. The highest BCUT2D eigenvalue weighted by molar-refractivity contribution is 5.25. The fourth-order valence-corrected chi connectivity index (χ4v) is 10.3. The predicted molar refractivity (Wildman–Crippen MR) is 131 cm³/mol. The van der Waals surface area contributed by atoms with Crippen molar-refractivity contribution >= 4 is 0 Å². The van der Waals surface area contributed by atoms with E-state index >= 15 is 0 Å². The average molecular weight is 427 g/mol. The number of hydrogen-bond donors (Lipinski definition) is 1. The molecule has 10 atom stereocenters. The molecule has 176 valence electrons. The maximum absolute atomic E-state index is 10.3. The van der Waals surface area contributed by atoms with Crippen LogP contribution in [0.5, 0.6) is 0 Å². The van der Waals surface area contributed by atoms with Gasteiger partial charge in [-0.15, -0.1) is 0 Å². The predicted octanol–water partition coefficient (Wildman–Crippen LogP) is 8.02. The van der Waals surface area contributed by atoms with Crippen molar-refractivity contribution in [2.24, 2.45) is 57.7 Å². The lowest BCUT2D eigenvalue weighted by molar-refractivity contribution is -0.0576. The molecule has 31 heavy (non-hydrogen) atoms. The number of fused-ring (bicyclic) bond motifs is 5. The lowest BCUT2D eigenvalue weighted by Crippen LogP contribution is -2.50. The first-order valence-corrected chi connectivity index (χ1v) is 14.0. The third-order valence-corrected chi connectivity index (χ3v) is 12.6. The van der Waals surface area contributed by atoms with E-state index in [9.17, 15) is 5.11 Å². The van der Waals surface area contributed by atoms with E-state index in [1.165, 1.54) is 57.8 Å². The SMILES string of the molecule is CC(C)[C@]1(CC[C@@H](C)[C@H]2CC[C@H]3C4CC=C5C[C@@H](O)CC[C@]5(C)C4CC[C@]23C)C[C@H]1C. The van der Waals surface area contributed by atoms with Gasteiger partial charge >= 0.3 is 0 Å². The van der Waals surface area contributed by atoms with Crippen molar-refractivity contribution in [1.29, 1.82) is 0 Å². The summed E-state index contributed by atoms with van der Waals surface area (Å²) in [5, 5.41) is 10.3. The van der Waals surface area contributed by atoms with Gasteiger partial charge in [-0.1, -0.05) is 53.2 Å². The van der Waals surface area contributed by atoms with Crippen molar-refractivity contribution in [1.82, 2.24) is 0 Å². The van der Waals surface area contributed by atoms with Gasteiger partial charge in [0, 0.05) is 0 Å². The molecule has 5 aliphatic carbocycles. The quantitative estimate of drug-likeness (QED) is 0.441. The van der Waals surface area contributed by atoms with E-state index < -0.39 is 0 Å². The summed E-state index contributed by atoms with van der Waals surface area (Å²) < 4.78 is 0. The molecule has 0 heterocycles. The summed E-state index contributed by atoms with van der Waals surface area (Å²) in [5.74, 6) is 6.39. The van der Waals surface area contributed by atoms with Gasteiger partial charge in [0.2, 0.25) is 0 Å². The number of rotatable bonds is 5. The van der Waals surface area contributed by atoms with Crippen LogP contribution in [-0.4, -0.2) is 11.2 Å². The van der Waals surface area contributed by atoms with Crippen LogP contribution in [0.2, 0.25) is 0 Å². The van der Waals surface area contributed by atoms with Crippen molar-refractivity contribution in [2.75, 3.05) is 0 Å². The molecule has 2 unspecified atom stereocenters. The van der Waals surface area contributed by atoms with Crippen LogP contribution in [0.1, 0.15) is 112 Å². The van der Waals surface area contributed by atoms with Gasteiger partial charge in [-0.2, -0.15) is 0 Å². The van der Waals surface area contributed by atoms with Crippen LogP contribution in [0.15, 0.2) is 11.6 Å². The van der Waals surface area contributed by atoms with Gasteiger partial charge in [-0.05, 0) is 128 Å². The number of allylic oxidation sites excluding steroid dienone is 1. The first kappa shape index (κ1) is 22.5. The zero-order valence-corrected chi connectivity index (χ0v) is 21.4. The van der Waals surface area contributed by atoms with Gasteiger partial charge in [-0.3, -0.25) is 0 Å². The molecule has 4 saturated carbocycles. The monoisotopic (exact) mass is 426 g/mol. The molecular weight excluding hydrogens is 376 g/mol. The van der Waals surface area contributed by atoms with Crippen LogP contribution in [0.3, 0.4) is 0 Å². The first-order chi connectivity index (χ1) is 14.6. The number of aliphatic hydroxyl groups excluding tert-OH is 1. The molecule has 1 N–H and O–H groups in total. The molecule has 0 aromatic rings. The number of aliphatic hydroxyl groups is 1. The molecule has 5 rings (SSSR count). The van der Waals surface area contributed by atoms with E-state index in [2.05, 4.69) is 47.6 Å². The van der Waals surface area contributed by atoms with Gasteiger partial charge < -0.3 is 5.11 Å². The molecule has 1 heteroatoms. The minimum Gasteiger partial charge on any atom is -0.393 e. The molecule has 1 nitrogen and oxygen atoms in total. The molecule has 5 aliphatic rings. The normalized spacial score (nSPS) is 52.2. The van der Waals surface area contributed by atoms with Crippen molar-refractivity contribution in [3.63, 3.8) is 0 Å². The molecule has 0 bridgehead atoms. The Hall–Kier alpha value is -0.300. The third kappa shape index (κ3) is 3.33. The molecule has 0 aliphatic heterocycles. The lowest BCUT2D eigenvalue weighted by Gasteiger charge is -2.58. The highest BCUT2D eigenvalue weighted by Gasteiger charge is 2.59. The maximum Gasteiger partial charge on any atom is 0.0577 e. The van der Waals surface area contributed by atoms with Gasteiger partial charge in [-0.25, -0.2) is 0 Å². The van der Waals surface area contributed by atoms with E-state index in [1.807, 2.05) is 0 Å². The summed E-state index contributed by atoms with van der Waals surface area (Å²) >= 11 is 0. The van der Waals surface area contributed by atoms with Gasteiger partial charge in [0.15, 0.2) is 0 Å². The van der Waals surface area contributed by atoms with Crippen molar-refractivity contribution in [2.45, 2.75) is 118 Å². The second-order valence-electron chi connectivity index (χ2n) is 13.9. The molecule has 0 spiro atoms. The zero-order valence-electron chi connectivity index (χ0n) is 21.4. The van der Waals surface area contributed by atoms with E-state index in [4.69, 9.17) is 0 Å². The Morgan fingerprint density at radius 2 is 1.77 bits per heavy atom. The van der Waals surface area contributed by atoms with Gasteiger partial charge in [0.25, 0.3) is 0 Å². The molecule has 4 fully saturated rings. The van der Waals surface area contributed by atoms with Crippen LogP contribution in [-0.2, 0) is 0 Å². The van der Waals surface area contributed by atoms with Gasteiger partial charge in [0.1, 0.15) is 0 Å². The fourth-order valence-electron chi connectivity index (χ4n) is 10.3. The first-order valence-electron chi connectivity index (χ1n) is 14.0. The topological polar surface area (TPSA) is 20.2 Å². The molecular formula is C30H50O. The number of hydrogen-bond acceptors (Lipinski definition) is 1. The highest BCUT2D eigenvalue weighted by Crippen LogP contribution is 2.68. The molecule has 0 amide bonds. The summed E-state index contributed by atoms with van der Waals surface area (Å²) in [6.07, 6.45) is 17.3. The Kier molecular flexibility index (Phi) is 5.52. The minimum absolute atomic E-state index is 0.0789. The van der Waals surface area contributed by atoms with Crippen LogP contribution in [0.25, 0.3) is 0 Å². The molecule has 0 radical (unpaired) electrons. The Morgan fingerprint density at radius 3 is 2.45 bits per heavy atom. The molecule has 0 saturated heterocycles. The van der Waals surface area contributed by atoms with E-state index in [0.717, 1.165) is 54.3 Å². The van der Waals surface area contributed by atoms with Crippen molar-refractivity contribution < 1.29 is 5.11 Å². The summed E-state index contributed by atoms with van der Waals surface area (Å²) in [7, 11) is 0.